The molecule has 8 rings (SSSR count). The topological polar surface area (TPSA) is 42.9 Å². The van der Waals surface area contributed by atoms with E-state index >= 15 is 0 Å². The van der Waals surface area contributed by atoms with Gasteiger partial charge in [-0.05, 0) is 57.6 Å². The highest BCUT2D eigenvalue weighted by Crippen LogP contribution is 2.42. The van der Waals surface area contributed by atoms with Crippen LogP contribution < -0.4 is 0 Å². The normalized spacial score (nSPS) is 13.1. The fourth-order valence-corrected chi connectivity index (χ4v) is 6.78. The van der Waals surface area contributed by atoms with Crippen LogP contribution >= 0.6 is 0 Å². The van der Waals surface area contributed by atoms with Crippen molar-refractivity contribution in [2.75, 3.05) is 0 Å². The molecule has 3 nitrogen and oxygen atoms in total. The second kappa shape index (κ2) is 11.5. The molecule has 0 spiro atoms. The molecule has 0 bridgehead atoms. The summed E-state index contributed by atoms with van der Waals surface area (Å²) < 4.78 is 0. The van der Waals surface area contributed by atoms with Gasteiger partial charge in [0.15, 0.2) is 11.6 Å². The molecular formula is C44H32N2O. The third kappa shape index (κ3) is 5.16. The Kier molecular flexibility index (Phi) is 6.96. The zero-order valence-electron chi connectivity index (χ0n) is 26.3. The van der Waals surface area contributed by atoms with Crippen molar-refractivity contribution in [1.82, 2.24) is 9.97 Å². The van der Waals surface area contributed by atoms with Gasteiger partial charge >= 0.3 is 0 Å². The Morgan fingerprint density at radius 1 is 0.404 bits per heavy atom. The maximum absolute atomic E-state index is 13.7. The first-order chi connectivity index (χ1) is 23.0. The number of fused-ring (bicyclic) bond motifs is 2. The van der Waals surface area contributed by atoms with Gasteiger partial charge < -0.3 is 0 Å². The third-order valence-corrected chi connectivity index (χ3v) is 9.30. The van der Waals surface area contributed by atoms with Crippen molar-refractivity contribution < 1.29 is 4.79 Å². The lowest BCUT2D eigenvalue weighted by Crippen LogP contribution is -2.30. The van der Waals surface area contributed by atoms with Gasteiger partial charge in [-0.2, -0.15) is 0 Å². The van der Waals surface area contributed by atoms with E-state index in [-0.39, 0.29) is 11.2 Å². The van der Waals surface area contributed by atoms with Crippen LogP contribution in [0.1, 0.15) is 40.9 Å². The van der Waals surface area contributed by atoms with Gasteiger partial charge in [-0.3, -0.25) is 4.79 Å². The summed E-state index contributed by atoms with van der Waals surface area (Å²) in [5.74, 6) is 0.771. The molecule has 1 aromatic heterocycles. The summed E-state index contributed by atoms with van der Waals surface area (Å²) in [7, 11) is 0. The minimum Gasteiger partial charge on any atom is -0.289 e. The van der Waals surface area contributed by atoms with Crippen molar-refractivity contribution >= 4 is 5.78 Å². The summed E-state index contributed by atoms with van der Waals surface area (Å²) in [5, 5.41) is 0. The molecule has 0 aliphatic heterocycles. The molecule has 0 saturated carbocycles. The van der Waals surface area contributed by atoms with E-state index in [0.29, 0.717) is 5.82 Å². The van der Waals surface area contributed by atoms with Gasteiger partial charge in [0, 0.05) is 33.2 Å². The van der Waals surface area contributed by atoms with Crippen molar-refractivity contribution in [3.63, 3.8) is 0 Å². The Morgan fingerprint density at radius 2 is 0.872 bits per heavy atom. The molecule has 1 aliphatic carbocycles. The monoisotopic (exact) mass is 604 g/mol. The zero-order chi connectivity index (χ0) is 32.0. The Hall–Kier alpha value is -5.93. The molecule has 47 heavy (non-hydrogen) atoms. The van der Waals surface area contributed by atoms with Gasteiger partial charge in [0.2, 0.25) is 0 Å². The molecule has 224 valence electrons. The molecule has 7 aromatic rings. The smallest absolute Gasteiger partial charge is 0.193 e. The van der Waals surface area contributed by atoms with Crippen molar-refractivity contribution in [3.05, 3.63) is 180 Å². The Morgan fingerprint density at radius 3 is 1.49 bits per heavy atom. The molecule has 0 unspecified atom stereocenters. The Balaban J connectivity index is 1.18. The zero-order valence-corrected chi connectivity index (χ0v) is 26.3. The molecule has 0 fully saturated rings. The Labute approximate surface area is 275 Å². The summed E-state index contributed by atoms with van der Waals surface area (Å²) >= 11 is 0. The first-order valence-electron chi connectivity index (χ1n) is 16.0. The van der Waals surface area contributed by atoms with Crippen LogP contribution in [-0.2, 0) is 5.41 Å². The van der Waals surface area contributed by atoms with Crippen LogP contribution in [0.5, 0.6) is 0 Å². The Bertz CT molecular complexity index is 2230. The summed E-state index contributed by atoms with van der Waals surface area (Å²) in [5.41, 5.74) is 12.5. The van der Waals surface area contributed by atoms with Gasteiger partial charge in [0.1, 0.15) is 0 Å². The lowest BCUT2D eigenvalue weighted by atomic mass is 9.68. The molecule has 0 atom stereocenters. The second-order valence-electron chi connectivity index (χ2n) is 12.6. The van der Waals surface area contributed by atoms with E-state index in [1.54, 1.807) is 0 Å². The lowest BCUT2D eigenvalue weighted by Gasteiger charge is -2.34. The number of aromatic nitrogens is 2. The number of hydrogen-bond acceptors (Lipinski definition) is 3. The molecule has 3 heteroatoms. The number of ketones is 1. The van der Waals surface area contributed by atoms with Crippen molar-refractivity contribution in [1.29, 1.82) is 0 Å². The number of hydrogen-bond donors (Lipinski definition) is 0. The fourth-order valence-electron chi connectivity index (χ4n) is 6.78. The quantitative estimate of drug-likeness (QED) is 0.196. The predicted molar refractivity (Wildman–Crippen MR) is 191 cm³/mol. The van der Waals surface area contributed by atoms with Crippen molar-refractivity contribution in [3.8, 4) is 56.2 Å². The van der Waals surface area contributed by atoms with E-state index < -0.39 is 0 Å². The maximum atomic E-state index is 13.7. The molecule has 0 radical (unpaired) electrons. The van der Waals surface area contributed by atoms with E-state index in [0.717, 1.165) is 72.6 Å². The van der Waals surface area contributed by atoms with E-state index in [9.17, 15) is 4.79 Å². The highest BCUT2D eigenvalue weighted by atomic mass is 16.1. The van der Waals surface area contributed by atoms with Gasteiger partial charge in [0.25, 0.3) is 0 Å². The van der Waals surface area contributed by atoms with Crippen LogP contribution in [0, 0.1) is 0 Å². The van der Waals surface area contributed by atoms with Gasteiger partial charge in [-0.1, -0.05) is 147 Å². The van der Waals surface area contributed by atoms with E-state index in [1.807, 2.05) is 54.6 Å². The maximum Gasteiger partial charge on any atom is 0.193 e. The van der Waals surface area contributed by atoms with Crippen LogP contribution in [-0.4, -0.2) is 15.8 Å². The molecule has 0 N–H and O–H groups in total. The van der Waals surface area contributed by atoms with Crippen LogP contribution in [0.2, 0.25) is 0 Å². The number of carbonyl (C=O) groups is 1. The third-order valence-electron chi connectivity index (χ3n) is 9.30. The van der Waals surface area contributed by atoms with E-state index in [4.69, 9.17) is 9.97 Å². The standard InChI is InChI=1S/C44H32N2O/c1-44(2)38-22-10-9-21-36(38)42(47)37-27-34(23-24-39(37)44)32-18-11-17-31(25-32)33-19-12-20-35(26-33)43-45-40(29-13-5-3-6-14-29)28-41(46-43)30-15-7-4-8-16-30/h3-28H,1-2H3. The summed E-state index contributed by atoms with van der Waals surface area (Å²) in [6.07, 6.45) is 0. The first-order valence-corrected chi connectivity index (χ1v) is 16.0. The predicted octanol–water partition coefficient (Wildman–Crippen LogP) is 10.7. The number of carbonyl (C=O) groups excluding carboxylic acids is 1. The summed E-state index contributed by atoms with van der Waals surface area (Å²) in [6, 6.07) is 53.8. The van der Waals surface area contributed by atoms with Crippen molar-refractivity contribution in [2.24, 2.45) is 0 Å². The number of benzene rings is 6. The fraction of sp³-hybridized carbons (Fsp3) is 0.0682. The van der Waals surface area contributed by atoms with Gasteiger partial charge in [-0.25, -0.2) is 9.97 Å². The van der Waals surface area contributed by atoms with Crippen LogP contribution in [0.3, 0.4) is 0 Å². The average molecular weight is 605 g/mol. The van der Waals surface area contributed by atoms with E-state index in [2.05, 4.69) is 117 Å². The van der Waals surface area contributed by atoms with Crippen molar-refractivity contribution in [2.45, 2.75) is 19.3 Å². The highest BCUT2D eigenvalue weighted by Gasteiger charge is 2.36. The minimum absolute atomic E-state index is 0.0910. The first kappa shape index (κ1) is 28.5. The van der Waals surface area contributed by atoms with Crippen LogP contribution in [0.4, 0.5) is 0 Å². The summed E-state index contributed by atoms with van der Waals surface area (Å²) in [6.45, 7) is 4.40. The molecule has 6 aromatic carbocycles. The van der Waals surface area contributed by atoms with Crippen LogP contribution in [0.25, 0.3) is 56.2 Å². The molecular weight excluding hydrogens is 572 g/mol. The van der Waals surface area contributed by atoms with Gasteiger partial charge in [0.05, 0.1) is 11.4 Å². The molecule has 0 amide bonds. The lowest BCUT2D eigenvalue weighted by molar-refractivity contribution is 0.103. The van der Waals surface area contributed by atoms with Gasteiger partial charge in [-0.15, -0.1) is 0 Å². The summed E-state index contributed by atoms with van der Waals surface area (Å²) in [4.78, 5) is 23.7. The largest absolute Gasteiger partial charge is 0.289 e. The average Bonchev–Trinajstić information content (AvgIpc) is 3.14. The highest BCUT2D eigenvalue weighted by molar-refractivity contribution is 6.13. The SMILES string of the molecule is CC1(C)c2ccccc2C(=O)c2cc(-c3cccc(-c4cccc(-c5nc(-c6ccccc6)cc(-c6ccccc6)n5)c4)c3)ccc21. The molecule has 1 heterocycles. The number of rotatable bonds is 5. The minimum atomic E-state index is -0.249. The molecule has 0 saturated heterocycles. The molecule has 1 aliphatic rings. The van der Waals surface area contributed by atoms with E-state index in [1.165, 1.54) is 0 Å². The van der Waals surface area contributed by atoms with Crippen LogP contribution in [0.15, 0.2) is 158 Å². The second-order valence-corrected chi connectivity index (χ2v) is 12.6. The number of nitrogens with zero attached hydrogens (tertiary/aromatic N) is 2.